The number of nitrogens with two attached hydrogens (primary N) is 1. The maximum Gasteiger partial charge on any atom is 0.356 e. The van der Waals surface area contributed by atoms with E-state index in [1.807, 2.05) is 24.3 Å². The normalized spacial score (nSPS) is 17.0. The van der Waals surface area contributed by atoms with Crippen LogP contribution in [-0.2, 0) is 11.3 Å². The summed E-state index contributed by atoms with van der Waals surface area (Å²) in [5.74, 6) is -0.0963. The molecule has 3 rings (SSSR count). The van der Waals surface area contributed by atoms with Crippen molar-refractivity contribution in [3.05, 3.63) is 47.2 Å². The highest BCUT2D eigenvalue weighted by Crippen LogP contribution is 2.28. The van der Waals surface area contributed by atoms with Crippen LogP contribution < -0.4 is 10.6 Å². The van der Waals surface area contributed by atoms with Gasteiger partial charge in [0.2, 0.25) is 5.95 Å². The first-order valence-corrected chi connectivity index (χ1v) is 6.82. The average molecular weight is 300 g/mol. The van der Waals surface area contributed by atoms with Crippen LogP contribution >= 0.6 is 0 Å². The summed E-state index contributed by atoms with van der Waals surface area (Å²) < 4.78 is 4.66. The van der Waals surface area contributed by atoms with Crippen molar-refractivity contribution >= 4 is 17.7 Å². The Kier molecular flexibility index (Phi) is 3.64. The number of anilines is 2. The number of β-amino-alcohol motifs (C(OH)–C–C–N with tert-alkyl or cyclic N) is 1. The molecule has 22 heavy (non-hydrogen) atoms. The fourth-order valence-corrected chi connectivity index (χ4v) is 2.54. The third-order valence-corrected chi connectivity index (χ3v) is 3.58. The highest BCUT2D eigenvalue weighted by molar-refractivity contribution is 5.88. The van der Waals surface area contributed by atoms with Gasteiger partial charge in [-0.1, -0.05) is 24.3 Å². The predicted molar refractivity (Wildman–Crippen MR) is 80.2 cm³/mol. The number of nitrogen functional groups attached to an aromatic ring is 1. The van der Waals surface area contributed by atoms with Gasteiger partial charge in [-0.2, -0.15) is 4.98 Å². The Morgan fingerprint density at radius 1 is 1.41 bits per heavy atom. The van der Waals surface area contributed by atoms with Crippen LogP contribution in [0.5, 0.6) is 0 Å². The van der Waals surface area contributed by atoms with Crippen LogP contribution in [0.15, 0.2) is 30.3 Å². The van der Waals surface area contributed by atoms with Gasteiger partial charge < -0.3 is 20.5 Å². The number of hydrogen-bond donors (Lipinski definition) is 2. The summed E-state index contributed by atoms with van der Waals surface area (Å²) >= 11 is 0. The molecule has 114 valence electrons. The van der Waals surface area contributed by atoms with Gasteiger partial charge >= 0.3 is 5.97 Å². The van der Waals surface area contributed by atoms with E-state index < -0.39 is 12.1 Å². The smallest absolute Gasteiger partial charge is 0.356 e. The van der Waals surface area contributed by atoms with Crippen LogP contribution in [0.2, 0.25) is 0 Å². The minimum absolute atomic E-state index is 0.0957. The van der Waals surface area contributed by atoms with E-state index in [4.69, 9.17) is 5.73 Å². The number of nitrogens with zero attached hydrogens (tertiary/aromatic N) is 3. The van der Waals surface area contributed by atoms with E-state index in [1.54, 1.807) is 4.90 Å². The van der Waals surface area contributed by atoms with Gasteiger partial charge in [-0.05, 0) is 11.1 Å². The number of aliphatic hydroxyl groups excluding tert-OH is 1. The van der Waals surface area contributed by atoms with Crippen molar-refractivity contribution < 1.29 is 14.6 Å². The largest absolute Gasteiger partial charge is 0.464 e. The monoisotopic (exact) mass is 300 g/mol. The molecule has 0 radical (unpaired) electrons. The van der Waals surface area contributed by atoms with Crippen molar-refractivity contribution in [3.8, 4) is 0 Å². The van der Waals surface area contributed by atoms with Crippen molar-refractivity contribution in [2.75, 3.05) is 24.3 Å². The number of hydrogen-bond acceptors (Lipinski definition) is 7. The van der Waals surface area contributed by atoms with Gasteiger partial charge in [-0.3, -0.25) is 0 Å². The summed E-state index contributed by atoms with van der Waals surface area (Å²) in [7, 11) is 1.28. The molecule has 0 fully saturated rings. The molecule has 7 heteroatoms. The molecule has 0 aliphatic carbocycles. The molecule has 0 saturated heterocycles. The summed E-state index contributed by atoms with van der Waals surface area (Å²) in [6, 6.07) is 9.01. The number of aliphatic hydroxyl groups is 1. The highest BCUT2D eigenvalue weighted by Gasteiger charge is 2.26. The maximum absolute atomic E-state index is 11.6. The lowest BCUT2D eigenvalue weighted by atomic mass is 9.98. The molecule has 1 aromatic carbocycles. The lowest BCUT2D eigenvalue weighted by Crippen LogP contribution is -2.35. The highest BCUT2D eigenvalue weighted by atomic mass is 16.5. The quantitative estimate of drug-likeness (QED) is 0.794. The fraction of sp³-hybridized carbons (Fsp3) is 0.267. The minimum Gasteiger partial charge on any atom is -0.464 e. The summed E-state index contributed by atoms with van der Waals surface area (Å²) in [4.78, 5) is 21.8. The second-order valence-electron chi connectivity index (χ2n) is 5.06. The molecule has 0 spiro atoms. The molecule has 1 atom stereocenters. The topological polar surface area (TPSA) is 102 Å². The molecule has 2 aromatic rings. The molecule has 3 N–H and O–H groups in total. The average Bonchev–Trinajstić information content (AvgIpc) is 2.53. The fourth-order valence-electron chi connectivity index (χ4n) is 2.54. The number of benzene rings is 1. The van der Waals surface area contributed by atoms with E-state index in [9.17, 15) is 9.90 Å². The van der Waals surface area contributed by atoms with E-state index in [0.717, 1.165) is 11.1 Å². The second-order valence-corrected chi connectivity index (χ2v) is 5.06. The van der Waals surface area contributed by atoms with Crippen LogP contribution in [0.3, 0.4) is 0 Å². The number of carbonyl (C=O) groups excluding carboxylic acids is 1. The lowest BCUT2D eigenvalue weighted by molar-refractivity contribution is 0.0594. The van der Waals surface area contributed by atoms with Crippen LogP contribution in [0.25, 0.3) is 0 Å². The van der Waals surface area contributed by atoms with E-state index in [2.05, 4.69) is 14.7 Å². The second kappa shape index (κ2) is 5.61. The SMILES string of the molecule is COC(=O)c1cc(N)nc(N2Cc3ccccc3C(O)C2)n1. The zero-order valence-corrected chi connectivity index (χ0v) is 12.1. The first-order valence-electron chi connectivity index (χ1n) is 6.82. The molecule has 1 unspecified atom stereocenters. The van der Waals surface area contributed by atoms with Crippen LogP contribution in [-0.4, -0.2) is 34.7 Å². The van der Waals surface area contributed by atoms with E-state index in [0.29, 0.717) is 19.0 Å². The summed E-state index contributed by atoms with van der Waals surface area (Å²) in [6.45, 7) is 0.873. The summed E-state index contributed by atoms with van der Waals surface area (Å²) in [6.07, 6.45) is -0.642. The lowest BCUT2D eigenvalue weighted by Gasteiger charge is -2.32. The number of carbonyl (C=O) groups is 1. The molecule has 1 aliphatic heterocycles. The van der Waals surface area contributed by atoms with Crippen molar-refractivity contribution in [1.82, 2.24) is 9.97 Å². The Morgan fingerprint density at radius 2 is 2.18 bits per heavy atom. The molecule has 0 amide bonds. The molecule has 0 bridgehead atoms. The van der Waals surface area contributed by atoms with Crippen molar-refractivity contribution in [3.63, 3.8) is 0 Å². The first kappa shape index (κ1) is 14.3. The number of rotatable bonds is 2. The third-order valence-electron chi connectivity index (χ3n) is 3.58. The number of aromatic nitrogens is 2. The molecule has 2 heterocycles. The van der Waals surface area contributed by atoms with Gasteiger partial charge in [0.25, 0.3) is 0 Å². The van der Waals surface area contributed by atoms with E-state index in [-0.39, 0.29) is 11.5 Å². The molecule has 0 saturated carbocycles. The Morgan fingerprint density at radius 3 is 2.95 bits per heavy atom. The van der Waals surface area contributed by atoms with Gasteiger partial charge in [0.1, 0.15) is 5.82 Å². The Labute approximate surface area is 127 Å². The maximum atomic E-state index is 11.6. The van der Waals surface area contributed by atoms with E-state index in [1.165, 1.54) is 13.2 Å². The molecule has 1 aliphatic rings. The first-order chi connectivity index (χ1) is 10.6. The number of esters is 1. The van der Waals surface area contributed by atoms with Crippen LogP contribution in [0.4, 0.5) is 11.8 Å². The van der Waals surface area contributed by atoms with Crippen LogP contribution in [0, 0.1) is 0 Å². The zero-order chi connectivity index (χ0) is 15.7. The van der Waals surface area contributed by atoms with Gasteiger partial charge in [0, 0.05) is 12.6 Å². The van der Waals surface area contributed by atoms with E-state index >= 15 is 0 Å². The predicted octanol–water partition coefficient (Wildman–Crippen LogP) is 0.899. The van der Waals surface area contributed by atoms with Crippen molar-refractivity contribution in [2.24, 2.45) is 0 Å². The van der Waals surface area contributed by atoms with Gasteiger partial charge in [-0.15, -0.1) is 0 Å². The number of fused-ring (bicyclic) bond motifs is 1. The van der Waals surface area contributed by atoms with Crippen LogP contribution in [0.1, 0.15) is 27.7 Å². The Bertz CT molecular complexity index is 720. The Balaban J connectivity index is 1.96. The number of methoxy groups -OCH3 is 1. The summed E-state index contributed by atoms with van der Waals surface area (Å²) in [5, 5.41) is 10.3. The summed E-state index contributed by atoms with van der Waals surface area (Å²) in [5.41, 5.74) is 7.73. The van der Waals surface area contributed by atoms with Crippen molar-refractivity contribution in [2.45, 2.75) is 12.6 Å². The number of ether oxygens (including phenoxy) is 1. The van der Waals surface area contributed by atoms with Crippen molar-refractivity contribution in [1.29, 1.82) is 0 Å². The minimum atomic E-state index is -0.642. The molecular formula is C15H16N4O3. The molecule has 1 aromatic heterocycles. The Hall–Kier alpha value is -2.67. The standard InChI is InChI=1S/C15H16N4O3/c1-22-14(21)11-6-13(16)18-15(17-11)19-7-9-4-2-3-5-10(9)12(20)8-19/h2-6,12,20H,7-8H2,1H3,(H2,16,17,18). The molecule has 7 nitrogen and oxygen atoms in total. The molecular weight excluding hydrogens is 284 g/mol. The zero-order valence-electron chi connectivity index (χ0n) is 12.1. The van der Waals surface area contributed by atoms with Gasteiger partial charge in [0.05, 0.1) is 19.8 Å². The van der Waals surface area contributed by atoms with Gasteiger partial charge in [0.15, 0.2) is 5.69 Å². The van der Waals surface area contributed by atoms with Gasteiger partial charge in [-0.25, -0.2) is 9.78 Å². The third kappa shape index (κ3) is 2.58.